The summed E-state index contributed by atoms with van der Waals surface area (Å²) in [5.41, 5.74) is 0.557. The van der Waals surface area contributed by atoms with Crippen molar-refractivity contribution in [2.75, 3.05) is 14.2 Å². The van der Waals surface area contributed by atoms with Crippen LogP contribution in [0.15, 0.2) is 79.0 Å². The molecule has 1 fully saturated rings. The molecule has 4 rings (SSSR count). The van der Waals surface area contributed by atoms with Gasteiger partial charge in [-0.05, 0) is 66.7 Å². The van der Waals surface area contributed by atoms with Gasteiger partial charge in [0.05, 0.1) is 19.2 Å². The molecule has 2 aromatic carbocycles. The first-order valence-corrected chi connectivity index (χ1v) is 15.6. The van der Waals surface area contributed by atoms with Gasteiger partial charge in [0, 0.05) is 32.2 Å². The lowest BCUT2D eigenvalue weighted by Gasteiger charge is -2.55. The summed E-state index contributed by atoms with van der Waals surface area (Å²) in [5, 5.41) is 7.97. The second-order valence-corrected chi connectivity index (χ2v) is 12.6. The Morgan fingerprint density at radius 1 is 0.933 bits per heavy atom. The molecule has 11 nitrogen and oxygen atoms in total. The van der Waals surface area contributed by atoms with Crippen LogP contribution in [0.1, 0.15) is 44.7 Å². The van der Waals surface area contributed by atoms with Crippen LogP contribution in [0.25, 0.3) is 0 Å². The number of likely N-dealkylation sites (N-methyl/N-ethyl adjacent to an activating group) is 1. The first kappa shape index (κ1) is 33.4. The quantitative estimate of drug-likeness (QED) is 0.225. The minimum Gasteiger partial charge on any atom is -0.481 e. The highest BCUT2D eigenvalue weighted by molar-refractivity contribution is 8.15. The fourth-order valence-corrected chi connectivity index (χ4v) is 7.00. The highest BCUT2D eigenvalue weighted by Gasteiger charge is 2.64. The van der Waals surface area contributed by atoms with Crippen molar-refractivity contribution in [2.45, 2.75) is 48.9 Å². The number of amides is 2. The zero-order valence-electron chi connectivity index (χ0n) is 25.2. The molecule has 13 heteroatoms. The lowest BCUT2D eigenvalue weighted by Crippen LogP contribution is -2.73. The summed E-state index contributed by atoms with van der Waals surface area (Å²) < 4.78 is 16.2. The number of nitrogens with zero attached hydrogens (tertiary/aromatic N) is 4. The number of nitriles is 1. The Morgan fingerprint density at radius 3 is 2.00 bits per heavy atom. The van der Waals surface area contributed by atoms with E-state index >= 15 is 0 Å². The molecular weight excluding hydrogens is 617 g/mol. The molecule has 1 aromatic heterocycles. The maximum absolute atomic E-state index is 14.8. The van der Waals surface area contributed by atoms with Crippen LogP contribution in [-0.4, -0.2) is 61.1 Å². The number of rotatable bonds is 10. The zero-order chi connectivity index (χ0) is 32.6. The van der Waals surface area contributed by atoms with Crippen molar-refractivity contribution in [1.82, 2.24) is 14.8 Å². The third-order valence-corrected chi connectivity index (χ3v) is 9.59. The molecule has 1 unspecified atom stereocenters. The van der Waals surface area contributed by atoms with E-state index in [1.54, 1.807) is 72.8 Å². The number of piperazine rings is 1. The summed E-state index contributed by atoms with van der Waals surface area (Å²) >= 11 is 1.07. The van der Waals surface area contributed by atoms with Crippen LogP contribution >= 0.6 is 23.5 Å². The number of carbonyl (C=O) groups excluding carboxylic acids is 4. The van der Waals surface area contributed by atoms with E-state index in [9.17, 15) is 24.4 Å². The van der Waals surface area contributed by atoms with Gasteiger partial charge >= 0.3 is 10.6 Å². The topological polar surface area (TPSA) is 139 Å². The summed E-state index contributed by atoms with van der Waals surface area (Å²) in [5.74, 6) is -0.439. The van der Waals surface area contributed by atoms with E-state index in [4.69, 9.17) is 14.2 Å². The Bertz CT molecular complexity index is 1570. The number of methoxy groups -OCH3 is 1. The van der Waals surface area contributed by atoms with E-state index < -0.39 is 38.2 Å². The molecule has 1 aliphatic rings. The number of hydrogen-bond donors (Lipinski definition) is 0. The van der Waals surface area contributed by atoms with Crippen molar-refractivity contribution >= 4 is 45.9 Å². The monoisotopic (exact) mass is 648 g/mol. The van der Waals surface area contributed by atoms with Gasteiger partial charge in [0.1, 0.15) is 11.5 Å². The Balaban J connectivity index is 1.82. The van der Waals surface area contributed by atoms with E-state index in [0.717, 1.165) is 4.90 Å². The molecule has 0 radical (unpaired) electrons. The lowest BCUT2D eigenvalue weighted by molar-refractivity contribution is -0.167. The average Bonchev–Trinajstić information content (AvgIpc) is 3.05. The summed E-state index contributed by atoms with van der Waals surface area (Å²) in [7, 11) is 2.86. The Labute approximate surface area is 269 Å². The average molecular weight is 649 g/mol. The maximum atomic E-state index is 14.8. The van der Waals surface area contributed by atoms with Gasteiger partial charge in [-0.25, -0.2) is 14.6 Å². The van der Waals surface area contributed by atoms with Crippen LogP contribution in [0.5, 0.6) is 17.4 Å². The smallest absolute Gasteiger partial charge is 0.375 e. The van der Waals surface area contributed by atoms with E-state index in [0.29, 0.717) is 41.4 Å². The van der Waals surface area contributed by atoms with Gasteiger partial charge in [0.15, 0.2) is 9.74 Å². The summed E-state index contributed by atoms with van der Waals surface area (Å²) in [6.45, 7) is 3.28. The van der Waals surface area contributed by atoms with E-state index in [2.05, 4.69) is 4.98 Å². The fraction of sp³-hybridized carbons (Fsp3) is 0.312. The summed E-state index contributed by atoms with van der Waals surface area (Å²) in [6.07, 6.45) is 1.47. The molecule has 0 saturated carbocycles. The number of aromatic nitrogens is 1. The Hall–Kier alpha value is -4.54. The Morgan fingerprint density at radius 2 is 1.51 bits per heavy atom. The number of hydrogen-bond acceptors (Lipinski definition) is 11. The lowest BCUT2D eigenvalue weighted by atomic mass is 9.94. The number of para-hydroxylation sites is 2. The Kier molecular flexibility index (Phi) is 10.7. The molecule has 3 aromatic rings. The maximum Gasteiger partial charge on any atom is 0.375 e. The summed E-state index contributed by atoms with van der Waals surface area (Å²) in [6, 6.07) is 21.2. The SMILES string of the molecule is CCC(c1ccc(OC)nc1)N1C(=O)[C@](C)(SC(=O)Oc2ccccc2)N(C)C(=O)[C@]1(CCC#N)SC(=O)Oc1ccccc1. The van der Waals surface area contributed by atoms with Crippen LogP contribution in [0.3, 0.4) is 0 Å². The molecule has 1 aliphatic heterocycles. The normalized spacial score (nSPS) is 20.2. The van der Waals surface area contributed by atoms with Crippen molar-refractivity contribution in [3.05, 3.63) is 84.6 Å². The van der Waals surface area contributed by atoms with Crippen LogP contribution in [-0.2, 0) is 9.59 Å². The van der Waals surface area contributed by atoms with Crippen LogP contribution < -0.4 is 14.2 Å². The van der Waals surface area contributed by atoms with E-state index in [1.165, 1.54) is 32.2 Å². The number of thioether (sulfide) groups is 2. The third-order valence-electron chi connectivity index (χ3n) is 7.33. The molecule has 0 N–H and O–H groups in total. The van der Waals surface area contributed by atoms with Gasteiger partial charge in [-0.1, -0.05) is 49.4 Å². The van der Waals surface area contributed by atoms with Crippen LogP contribution in [0, 0.1) is 11.3 Å². The number of pyridine rings is 1. The minimum atomic E-state index is -1.91. The predicted octanol–water partition coefficient (Wildman–Crippen LogP) is 6.42. The molecule has 0 aliphatic carbocycles. The molecule has 0 spiro atoms. The molecule has 0 bridgehead atoms. The van der Waals surface area contributed by atoms with Gasteiger partial charge in [0.25, 0.3) is 11.8 Å². The molecule has 2 amide bonds. The van der Waals surface area contributed by atoms with Crippen molar-refractivity contribution < 1.29 is 33.4 Å². The van der Waals surface area contributed by atoms with Crippen LogP contribution in [0.2, 0.25) is 0 Å². The van der Waals surface area contributed by atoms with Gasteiger partial charge in [-0.2, -0.15) is 5.26 Å². The fourth-order valence-electron chi connectivity index (χ4n) is 4.98. The number of carbonyl (C=O) groups is 4. The van der Waals surface area contributed by atoms with E-state index in [-0.39, 0.29) is 24.3 Å². The molecule has 45 heavy (non-hydrogen) atoms. The number of benzene rings is 2. The minimum absolute atomic E-state index is 0.161. The van der Waals surface area contributed by atoms with Crippen molar-refractivity contribution in [3.63, 3.8) is 0 Å². The molecular formula is C32H32N4O7S2. The highest BCUT2D eigenvalue weighted by Crippen LogP contribution is 2.51. The number of ether oxygens (including phenoxy) is 3. The third kappa shape index (κ3) is 7.08. The largest absolute Gasteiger partial charge is 0.481 e. The second-order valence-electron chi connectivity index (χ2n) is 10.1. The standard InChI is InChI=1S/C32H32N4O7S2/c1-5-25(22-17-18-26(41-4)34-21-22)36-27(37)31(2,44-29(39)42-23-13-8-6-9-14-23)35(3)28(38)32(36,19-12-20-33)45-30(40)43-24-15-10-7-11-16-24/h6-11,13-18,21,25H,5,12,19H2,1-4H3/t25?,31-,32-/m0/s1. The predicted molar refractivity (Wildman–Crippen MR) is 170 cm³/mol. The van der Waals surface area contributed by atoms with Gasteiger partial charge in [-0.15, -0.1) is 0 Å². The molecule has 2 heterocycles. The van der Waals surface area contributed by atoms with Crippen molar-refractivity contribution in [1.29, 1.82) is 5.26 Å². The van der Waals surface area contributed by atoms with Crippen LogP contribution in [0.4, 0.5) is 9.59 Å². The van der Waals surface area contributed by atoms with Crippen molar-refractivity contribution in [3.8, 4) is 23.4 Å². The second kappa shape index (κ2) is 14.5. The van der Waals surface area contributed by atoms with Gasteiger partial charge in [-0.3, -0.25) is 9.59 Å². The molecule has 234 valence electrons. The first-order chi connectivity index (χ1) is 21.6. The van der Waals surface area contributed by atoms with E-state index in [1.807, 2.05) is 13.0 Å². The first-order valence-electron chi connectivity index (χ1n) is 14.0. The molecule has 1 saturated heterocycles. The zero-order valence-corrected chi connectivity index (χ0v) is 26.8. The van der Waals surface area contributed by atoms with Gasteiger partial charge in [0.2, 0.25) is 5.88 Å². The summed E-state index contributed by atoms with van der Waals surface area (Å²) in [4.78, 5) is 59.1. The highest BCUT2D eigenvalue weighted by atomic mass is 32.2. The van der Waals surface area contributed by atoms with Crippen molar-refractivity contribution in [2.24, 2.45) is 0 Å². The molecule has 3 atom stereocenters. The van der Waals surface area contributed by atoms with Gasteiger partial charge < -0.3 is 24.0 Å².